The zero-order valence-electron chi connectivity index (χ0n) is 15.1. The third-order valence-corrected chi connectivity index (χ3v) is 3.79. The minimum Gasteiger partial charge on any atom is -0.483 e. The van der Waals surface area contributed by atoms with Crippen molar-refractivity contribution in [2.75, 3.05) is 13.2 Å². The third-order valence-electron chi connectivity index (χ3n) is 3.79. The first-order valence-corrected chi connectivity index (χ1v) is 8.53. The number of carbonyl (C=O) groups excluding carboxylic acids is 2. The lowest BCUT2D eigenvalue weighted by Gasteiger charge is -2.21. The van der Waals surface area contributed by atoms with E-state index >= 15 is 0 Å². The Kier molecular flexibility index (Phi) is 8.22. The van der Waals surface area contributed by atoms with Gasteiger partial charge in [0.2, 0.25) is 0 Å². The van der Waals surface area contributed by atoms with E-state index in [4.69, 9.17) is 15.3 Å². The number of alkyl carbamates (subject to hydrolysis) is 1. The van der Waals surface area contributed by atoms with Gasteiger partial charge in [-0.15, -0.1) is 0 Å². The van der Waals surface area contributed by atoms with Gasteiger partial charge in [-0.25, -0.2) is 10.6 Å². The number of nitrogens with one attached hydrogen (secondary N) is 2. The molecule has 2 rings (SSSR count). The van der Waals surface area contributed by atoms with E-state index in [1.54, 1.807) is 12.1 Å². The summed E-state index contributed by atoms with van der Waals surface area (Å²) >= 11 is 0. The van der Waals surface area contributed by atoms with Crippen LogP contribution < -0.4 is 21.3 Å². The normalized spacial score (nSPS) is 12.5. The van der Waals surface area contributed by atoms with E-state index < -0.39 is 24.2 Å². The molecule has 6 N–H and O–H groups in total. The van der Waals surface area contributed by atoms with Crippen LogP contribution in [0.1, 0.15) is 17.2 Å². The van der Waals surface area contributed by atoms with E-state index in [1.165, 1.54) is 12.1 Å². The standard InChI is InChI=1S/C19H23N3O6/c20-22-17(24)12-27-16-9-5-4-8-14(16)18(25)15(23)10-21-19(26)28-11-13-6-2-1-3-7-13/h1-9,15,18,23,25H,10-12,20H2,(H,21,26)(H,22,24). The van der Waals surface area contributed by atoms with Crippen LogP contribution in [0.2, 0.25) is 0 Å². The summed E-state index contributed by atoms with van der Waals surface area (Å²) in [5, 5.41) is 22.9. The zero-order chi connectivity index (χ0) is 20.4. The third kappa shape index (κ3) is 6.54. The fraction of sp³-hybridized carbons (Fsp3) is 0.263. The Morgan fingerprint density at radius 3 is 2.43 bits per heavy atom. The molecule has 0 bridgehead atoms. The van der Waals surface area contributed by atoms with Crippen molar-refractivity contribution in [3.8, 4) is 5.75 Å². The van der Waals surface area contributed by atoms with Crippen LogP contribution >= 0.6 is 0 Å². The van der Waals surface area contributed by atoms with Gasteiger partial charge in [-0.05, 0) is 11.6 Å². The summed E-state index contributed by atoms with van der Waals surface area (Å²) in [5.74, 6) is 4.65. The highest BCUT2D eigenvalue weighted by atomic mass is 16.5. The fourth-order valence-electron chi connectivity index (χ4n) is 2.32. The maximum Gasteiger partial charge on any atom is 0.407 e. The molecule has 2 unspecified atom stereocenters. The molecule has 0 radical (unpaired) electrons. The number of benzene rings is 2. The molecular weight excluding hydrogens is 366 g/mol. The highest BCUT2D eigenvalue weighted by Crippen LogP contribution is 2.27. The summed E-state index contributed by atoms with van der Waals surface area (Å²) in [6, 6.07) is 15.5. The second kappa shape index (κ2) is 10.9. The lowest BCUT2D eigenvalue weighted by molar-refractivity contribution is -0.123. The van der Waals surface area contributed by atoms with Gasteiger partial charge in [0.15, 0.2) is 6.61 Å². The number of hydrogen-bond acceptors (Lipinski definition) is 7. The molecule has 0 aliphatic carbocycles. The molecule has 9 nitrogen and oxygen atoms in total. The van der Waals surface area contributed by atoms with Crippen molar-refractivity contribution in [2.45, 2.75) is 18.8 Å². The second-order valence-electron chi connectivity index (χ2n) is 5.85. The van der Waals surface area contributed by atoms with Crippen molar-refractivity contribution < 1.29 is 29.3 Å². The molecule has 0 saturated carbocycles. The van der Waals surface area contributed by atoms with E-state index in [1.807, 2.05) is 35.8 Å². The van der Waals surface area contributed by atoms with Crippen LogP contribution in [-0.4, -0.2) is 41.5 Å². The van der Waals surface area contributed by atoms with Crippen molar-refractivity contribution in [1.29, 1.82) is 0 Å². The average molecular weight is 389 g/mol. The molecule has 28 heavy (non-hydrogen) atoms. The molecule has 0 aliphatic rings. The van der Waals surface area contributed by atoms with Crippen LogP contribution in [0.15, 0.2) is 54.6 Å². The Hall–Kier alpha value is -3.14. The maximum absolute atomic E-state index is 11.8. The number of hydrogen-bond donors (Lipinski definition) is 5. The van der Waals surface area contributed by atoms with E-state index in [0.717, 1.165) is 5.56 Å². The van der Waals surface area contributed by atoms with Gasteiger partial charge < -0.3 is 25.0 Å². The topological polar surface area (TPSA) is 143 Å². The van der Waals surface area contributed by atoms with Crippen molar-refractivity contribution in [1.82, 2.24) is 10.7 Å². The molecule has 2 atom stereocenters. The first-order chi connectivity index (χ1) is 13.5. The first-order valence-electron chi connectivity index (χ1n) is 8.53. The van der Waals surface area contributed by atoms with Crippen molar-refractivity contribution >= 4 is 12.0 Å². The predicted octanol–water partition coefficient (Wildman–Crippen LogP) is 0.376. The van der Waals surface area contributed by atoms with Crippen LogP contribution in [0.25, 0.3) is 0 Å². The minimum atomic E-state index is -1.36. The Morgan fingerprint density at radius 2 is 1.71 bits per heavy atom. The molecule has 9 heteroatoms. The smallest absolute Gasteiger partial charge is 0.407 e. The van der Waals surface area contributed by atoms with Gasteiger partial charge in [0.25, 0.3) is 5.91 Å². The monoisotopic (exact) mass is 389 g/mol. The van der Waals surface area contributed by atoms with Crippen LogP contribution in [0.5, 0.6) is 5.75 Å². The number of carbonyl (C=O) groups is 2. The Labute approximate surface area is 162 Å². The Morgan fingerprint density at radius 1 is 1.04 bits per heavy atom. The highest BCUT2D eigenvalue weighted by molar-refractivity contribution is 5.76. The lowest BCUT2D eigenvalue weighted by Crippen LogP contribution is -2.36. The number of para-hydroxylation sites is 1. The number of hydrazine groups is 1. The van der Waals surface area contributed by atoms with Gasteiger partial charge in [0.05, 0.1) is 0 Å². The summed E-state index contributed by atoms with van der Waals surface area (Å²) in [6.45, 7) is -0.502. The molecule has 0 aliphatic heterocycles. The quantitative estimate of drug-likeness (QED) is 0.237. The summed E-state index contributed by atoms with van der Waals surface area (Å²) in [6.07, 6.45) is -3.40. The molecule has 0 saturated heterocycles. The van der Waals surface area contributed by atoms with E-state index in [0.29, 0.717) is 0 Å². The van der Waals surface area contributed by atoms with Crippen LogP contribution in [-0.2, 0) is 16.1 Å². The van der Waals surface area contributed by atoms with Crippen molar-refractivity contribution in [3.05, 3.63) is 65.7 Å². The molecular formula is C19H23N3O6. The van der Waals surface area contributed by atoms with Gasteiger partial charge in [-0.2, -0.15) is 0 Å². The van der Waals surface area contributed by atoms with E-state index in [2.05, 4.69) is 5.32 Å². The highest BCUT2D eigenvalue weighted by Gasteiger charge is 2.23. The number of amides is 2. The van der Waals surface area contributed by atoms with Crippen molar-refractivity contribution in [3.63, 3.8) is 0 Å². The van der Waals surface area contributed by atoms with Gasteiger partial charge in [-0.1, -0.05) is 48.5 Å². The van der Waals surface area contributed by atoms with Gasteiger partial charge in [0.1, 0.15) is 24.6 Å². The number of ether oxygens (including phenoxy) is 2. The van der Waals surface area contributed by atoms with Crippen LogP contribution in [0.4, 0.5) is 4.79 Å². The zero-order valence-corrected chi connectivity index (χ0v) is 15.1. The summed E-state index contributed by atoms with van der Waals surface area (Å²) in [4.78, 5) is 23.0. The maximum atomic E-state index is 11.8. The molecule has 0 fully saturated rings. The lowest BCUT2D eigenvalue weighted by atomic mass is 10.0. The second-order valence-corrected chi connectivity index (χ2v) is 5.85. The van der Waals surface area contributed by atoms with E-state index in [9.17, 15) is 19.8 Å². The van der Waals surface area contributed by atoms with Gasteiger partial charge >= 0.3 is 6.09 Å². The molecule has 0 heterocycles. The first kappa shape index (κ1) is 21.2. The fourth-order valence-corrected chi connectivity index (χ4v) is 2.32. The van der Waals surface area contributed by atoms with Gasteiger partial charge in [0, 0.05) is 12.1 Å². The summed E-state index contributed by atoms with van der Waals surface area (Å²) in [5.41, 5.74) is 3.01. The van der Waals surface area contributed by atoms with Crippen LogP contribution in [0.3, 0.4) is 0 Å². The molecule has 0 spiro atoms. The number of nitrogens with two attached hydrogens (primary N) is 1. The van der Waals surface area contributed by atoms with Crippen molar-refractivity contribution in [2.24, 2.45) is 5.84 Å². The molecule has 0 aromatic heterocycles. The molecule has 2 amide bonds. The number of aliphatic hydroxyl groups excluding tert-OH is 2. The molecule has 2 aromatic carbocycles. The number of rotatable bonds is 9. The number of aliphatic hydroxyl groups is 2. The molecule has 150 valence electrons. The summed E-state index contributed by atoms with van der Waals surface area (Å²) < 4.78 is 10.3. The van der Waals surface area contributed by atoms with Gasteiger partial charge in [-0.3, -0.25) is 10.2 Å². The van der Waals surface area contributed by atoms with Crippen LogP contribution in [0, 0.1) is 0 Å². The largest absolute Gasteiger partial charge is 0.483 e. The van der Waals surface area contributed by atoms with E-state index in [-0.39, 0.29) is 31.1 Å². The average Bonchev–Trinajstić information content (AvgIpc) is 2.74. The molecule has 2 aromatic rings. The Balaban J connectivity index is 1.85. The SMILES string of the molecule is NNC(=O)COc1ccccc1C(O)C(O)CNC(=O)OCc1ccccc1. The summed E-state index contributed by atoms with van der Waals surface area (Å²) in [7, 11) is 0. The Bertz CT molecular complexity index is 771. The minimum absolute atomic E-state index is 0.0885. The predicted molar refractivity (Wildman–Crippen MR) is 99.9 cm³/mol.